The van der Waals surface area contributed by atoms with Crippen molar-refractivity contribution in [1.29, 1.82) is 0 Å². The van der Waals surface area contributed by atoms with Gasteiger partial charge in [-0.15, -0.1) is 24.8 Å². The Balaban J connectivity index is 0.00000200. The van der Waals surface area contributed by atoms with Gasteiger partial charge in [-0.1, -0.05) is 20.3 Å². The number of fused-ring (bicyclic) bond motifs is 1. The minimum absolute atomic E-state index is 0. The molecule has 0 radical (unpaired) electrons. The standard InChI is InChI=1S/C13H23N5O.2ClH/c1-3-6-9(14)13(19)15-10-7-5-8-18-12(10)16-11(4-2)17-18;;/h9-10H,3-8,14H2,1-2H3,(H,15,19);2*1H. The largest absolute Gasteiger partial charge is 0.345 e. The summed E-state index contributed by atoms with van der Waals surface area (Å²) in [5.41, 5.74) is 5.84. The molecule has 1 aromatic heterocycles. The van der Waals surface area contributed by atoms with E-state index in [0.717, 1.165) is 43.9 Å². The van der Waals surface area contributed by atoms with Gasteiger partial charge in [0.1, 0.15) is 5.82 Å². The molecular formula is C13H25Cl2N5O. The molecule has 0 aromatic carbocycles. The van der Waals surface area contributed by atoms with Crippen LogP contribution < -0.4 is 11.1 Å². The summed E-state index contributed by atoms with van der Waals surface area (Å²) in [6, 6.07) is -0.467. The van der Waals surface area contributed by atoms with Crippen molar-refractivity contribution in [1.82, 2.24) is 20.1 Å². The summed E-state index contributed by atoms with van der Waals surface area (Å²) in [6.45, 7) is 4.94. The molecule has 2 atom stereocenters. The maximum Gasteiger partial charge on any atom is 0.237 e. The monoisotopic (exact) mass is 337 g/mol. The Kier molecular flexibility index (Phi) is 8.85. The number of rotatable bonds is 5. The number of hydrogen-bond acceptors (Lipinski definition) is 4. The van der Waals surface area contributed by atoms with E-state index in [1.807, 2.05) is 18.5 Å². The average Bonchev–Trinajstić information content (AvgIpc) is 2.83. The normalized spacial score (nSPS) is 18.0. The highest BCUT2D eigenvalue weighted by molar-refractivity contribution is 5.85. The number of nitrogens with one attached hydrogen (secondary N) is 1. The molecule has 0 spiro atoms. The molecule has 2 rings (SSSR count). The van der Waals surface area contributed by atoms with Crippen molar-refractivity contribution in [3.63, 3.8) is 0 Å². The van der Waals surface area contributed by atoms with Crippen LogP contribution in [0.2, 0.25) is 0 Å². The van der Waals surface area contributed by atoms with E-state index in [1.165, 1.54) is 0 Å². The topological polar surface area (TPSA) is 85.8 Å². The third kappa shape index (κ3) is 4.83. The SMILES string of the molecule is CCCC(N)C(=O)NC1CCCn2nc(CC)nc21.Cl.Cl. The molecule has 1 aliphatic heterocycles. The summed E-state index contributed by atoms with van der Waals surface area (Å²) in [7, 11) is 0. The van der Waals surface area contributed by atoms with Crippen LogP contribution in [0.1, 0.15) is 57.2 Å². The zero-order chi connectivity index (χ0) is 13.8. The molecule has 0 saturated carbocycles. The third-order valence-corrected chi connectivity index (χ3v) is 3.49. The molecule has 0 aliphatic carbocycles. The number of halogens is 2. The summed E-state index contributed by atoms with van der Waals surface area (Å²) in [6.07, 6.45) is 4.36. The first-order valence-electron chi connectivity index (χ1n) is 7.15. The fraction of sp³-hybridized carbons (Fsp3) is 0.769. The van der Waals surface area contributed by atoms with Crippen molar-refractivity contribution in [2.75, 3.05) is 0 Å². The van der Waals surface area contributed by atoms with Crippen molar-refractivity contribution in [2.24, 2.45) is 5.73 Å². The molecule has 1 amide bonds. The molecule has 0 saturated heterocycles. The smallest absolute Gasteiger partial charge is 0.237 e. The Bertz CT molecular complexity index is 452. The number of carbonyl (C=O) groups excluding carboxylic acids is 1. The lowest BCUT2D eigenvalue weighted by Crippen LogP contribution is -2.43. The number of amides is 1. The van der Waals surface area contributed by atoms with Gasteiger partial charge in [-0.25, -0.2) is 9.67 Å². The second-order valence-electron chi connectivity index (χ2n) is 5.06. The molecule has 21 heavy (non-hydrogen) atoms. The summed E-state index contributed by atoms with van der Waals surface area (Å²) in [4.78, 5) is 16.5. The summed E-state index contributed by atoms with van der Waals surface area (Å²) in [5.74, 6) is 1.63. The Morgan fingerprint density at radius 1 is 1.48 bits per heavy atom. The molecule has 1 aromatic rings. The maximum atomic E-state index is 12.0. The molecule has 3 N–H and O–H groups in total. The Morgan fingerprint density at radius 3 is 2.81 bits per heavy atom. The highest BCUT2D eigenvalue weighted by Gasteiger charge is 2.26. The van der Waals surface area contributed by atoms with Crippen LogP contribution in [0.5, 0.6) is 0 Å². The van der Waals surface area contributed by atoms with Gasteiger partial charge in [-0.05, 0) is 19.3 Å². The zero-order valence-corrected chi connectivity index (χ0v) is 14.2. The molecule has 0 bridgehead atoms. The van der Waals surface area contributed by atoms with Gasteiger partial charge in [0, 0.05) is 13.0 Å². The van der Waals surface area contributed by atoms with Crippen LogP contribution in [0.15, 0.2) is 0 Å². The molecule has 2 heterocycles. The van der Waals surface area contributed by atoms with Gasteiger partial charge in [0.05, 0.1) is 12.1 Å². The van der Waals surface area contributed by atoms with Gasteiger partial charge < -0.3 is 11.1 Å². The van der Waals surface area contributed by atoms with Crippen LogP contribution in [-0.2, 0) is 17.8 Å². The van der Waals surface area contributed by atoms with Crippen molar-refractivity contribution in [3.8, 4) is 0 Å². The van der Waals surface area contributed by atoms with Crippen LogP contribution >= 0.6 is 24.8 Å². The van der Waals surface area contributed by atoms with Gasteiger partial charge in [-0.3, -0.25) is 4.79 Å². The van der Waals surface area contributed by atoms with Gasteiger partial charge in [0.15, 0.2) is 5.82 Å². The van der Waals surface area contributed by atoms with E-state index in [9.17, 15) is 4.79 Å². The van der Waals surface area contributed by atoms with E-state index < -0.39 is 6.04 Å². The number of carbonyl (C=O) groups is 1. The highest BCUT2D eigenvalue weighted by Crippen LogP contribution is 2.23. The third-order valence-electron chi connectivity index (χ3n) is 3.49. The highest BCUT2D eigenvalue weighted by atomic mass is 35.5. The number of nitrogens with zero attached hydrogens (tertiary/aromatic N) is 3. The molecule has 1 aliphatic rings. The second-order valence-corrected chi connectivity index (χ2v) is 5.06. The predicted octanol–water partition coefficient (Wildman–Crippen LogP) is 1.76. The quantitative estimate of drug-likeness (QED) is 0.857. The fourth-order valence-corrected chi connectivity index (χ4v) is 2.41. The predicted molar refractivity (Wildman–Crippen MR) is 86.9 cm³/mol. The van der Waals surface area contributed by atoms with Crippen molar-refractivity contribution < 1.29 is 4.79 Å². The first-order valence-corrected chi connectivity index (χ1v) is 7.15. The Morgan fingerprint density at radius 2 is 2.19 bits per heavy atom. The summed E-state index contributed by atoms with van der Waals surface area (Å²) < 4.78 is 1.92. The molecule has 2 unspecified atom stereocenters. The molecule has 6 nitrogen and oxygen atoms in total. The van der Waals surface area contributed by atoms with E-state index in [0.29, 0.717) is 6.42 Å². The van der Waals surface area contributed by atoms with Gasteiger partial charge >= 0.3 is 0 Å². The number of nitrogens with two attached hydrogens (primary N) is 1. The molecule has 122 valence electrons. The number of aromatic nitrogens is 3. The van der Waals surface area contributed by atoms with Crippen LogP contribution in [0.3, 0.4) is 0 Å². The van der Waals surface area contributed by atoms with Gasteiger partial charge in [-0.2, -0.15) is 5.10 Å². The Hall–Kier alpha value is -0.850. The molecule has 8 heteroatoms. The minimum atomic E-state index is -0.422. The van der Waals surface area contributed by atoms with Crippen LogP contribution in [-0.4, -0.2) is 26.7 Å². The van der Waals surface area contributed by atoms with Crippen LogP contribution in [0.4, 0.5) is 0 Å². The molecular weight excluding hydrogens is 313 g/mol. The van der Waals surface area contributed by atoms with Crippen LogP contribution in [0, 0.1) is 0 Å². The first-order chi connectivity index (χ1) is 9.15. The fourth-order valence-electron chi connectivity index (χ4n) is 2.41. The van der Waals surface area contributed by atoms with Crippen molar-refractivity contribution in [2.45, 2.75) is 64.6 Å². The summed E-state index contributed by atoms with van der Waals surface area (Å²) in [5, 5.41) is 7.44. The van der Waals surface area contributed by atoms with Crippen molar-refractivity contribution in [3.05, 3.63) is 11.6 Å². The van der Waals surface area contributed by atoms with E-state index in [2.05, 4.69) is 15.4 Å². The van der Waals surface area contributed by atoms with E-state index in [4.69, 9.17) is 5.73 Å². The van der Waals surface area contributed by atoms with Crippen molar-refractivity contribution >= 4 is 30.7 Å². The number of hydrogen-bond donors (Lipinski definition) is 2. The van der Waals surface area contributed by atoms with E-state index in [-0.39, 0.29) is 36.8 Å². The average molecular weight is 338 g/mol. The summed E-state index contributed by atoms with van der Waals surface area (Å²) >= 11 is 0. The lowest BCUT2D eigenvalue weighted by Gasteiger charge is -2.24. The Labute approximate surface area is 138 Å². The maximum absolute atomic E-state index is 12.0. The lowest BCUT2D eigenvalue weighted by atomic mass is 10.1. The zero-order valence-electron chi connectivity index (χ0n) is 12.5. The molecule has 0 fully saturated rings. The second kappa shape index (κ2) is 9.23. The lowest BCUT2D eigenvalue weighted by molar-refractivity contribution is -0.123. The van der Waals surface area contributed by atoms with Crippen LogP contribution in [0.25, 0.3) is 0 Å². The van der Waals surface area contributed by atoms with Gasteiger partial charge in [0.2, 0.25) is 5.91 Å². The van der Waals surface area contributed by atoms with Gasteiger partial charge in [0.25, 0.3) is 0 Å². The number of aryl methyl sites for hydroxylation is 2. The minimum Gasteiger partial charge on any atom is -0.345 e. The van der Waals surface area contributed by atoms with E-state index in [1.54, 1.807) is 0 Å². The first kappa shape index (κ1) is 20.1. The van der Waals surface area contributed by atoms with E-state index >= 15 is 0 Å².